The summed E-state index contributed by atoms with van der Waals surface area (Å²) >= 11 is 0. The number of carbonyl (C=O) groups excluding carboxylic acids is 3. The van der Waals surface area contributed by atoms with Gasteiger partial charge >= 0.3 is 0 Å². The number of amides is 2. The van der Waals surface area contributed by atoms with Crippen LogP contribution < -0.4 is 10.6 Å². The van der Waals surface area contributed by atoms with Crippen LogP contribution in [0.4, 0.5) is 4.79 Å². The topological polar surface area (TPSA) is 84.5 Å². The molecule has 2 N–H and O–H groups in total. The Morgan fingerprint density at radius 1 is 1.14 bits per heavy atom. The van der Waals surface area contributed by atoms with Crippen molar-refractivity contribution in [1.29, 1.82) is 0 Å². The van der Waals surface area contributed by atoms with E-state index in [9.17, 15) is 14.4 Å². The highest BCUT2D eigenvalue weighted by Crippen LogP contribution is 2.22. The fourth-order valence-corrected chi connectivity index (χ4v) is 1.83. The van der Waals surface area contributed by atoms with Crippen molar-refractivity contribution < 1.29 is 19.1 Å². The van der Waals surface area contributed by atoms with Gasteiger partial charge in [-0.05, 0) is 43.4 Å². The molecule has 0 aliphatic carbocycles. The van der Waals surface area contributed by atoms with Gasteiger partial charge in [-0.2, -0.15) is 0 Å². The Morgan fingerprint density at radius 3 is 2.09 bits per heavy atom. The number of hydrogen-bond donors (Lipinski definition) is 2. The fourth-order valence-electron chi connectivity index (χ4n) is 1.63. The predicted molar refractivity (Wildman–Crippen MR) is 89.8 cm³/mol. The summed E-state index contributed by atoms with van der Waals surface area (Å²) in [4.78, 5) is 34.7. The van der Waals surface area contributed by atoms with Crippen LogP contribution in [0.25, 0.3) is 0 Å². The molecular formula is C15H29N2O4P. The number of Topliss-reactive ketones (excluding diaryl/α,β-unsaturated/α-hetero) is 1. The minimum absolute atomic E-state index is 0.0812. The van der Waals surface area contributed by atoms with Crippen molar-refractivity contribution in [3.63, 3.8) is 0 Å². The molecule has 22 heavy (non-hydrogen) atoms. The maximum Gasteiger partial charge on any atom is 0.235 e. The monoisotopic (exact) mass is 332 g/mol. The Kier molecular flexibility index (Phi) is 8.19. The molecule has 0 aliphatic rings. The van der Waals surface area contributed by atoms with Crippen molar-refractivity contribution in [1.82, 2.24) is 10.6 Å². The van der Waals surface area contributed by atoms with Crippen molar-refractivity contribution in [3.05, 3.63) is 0 Å². The Labute approximate surface area is 135 Å². The number of ether oxygens (including phenoxy) is 1. The summed E-state index contributed by atoms with van der Waals surface area (Å²) in [5.41, 5.74) is -1.24. The Morgan fingerprint density at radius 2 is 1.68 bits per heavy atom. The Bertz CT molecular complexity index is 416. The van der Waals surface area contributed by atoms with Crippen LogP contribution in [0.2, 0.25) is 0 Å². The lowest BCUT2D eigenvalue weighted by Gasteiger charge is -2.27. The Hall–Kier alpha value is -1.00. The van der Waals surface area contributed by atoms with E-state index in [4.69, 9.17) is 4.74 Å². The zero-order valence-electron chi connectivity index (χ0n) is 14.4. The number of rotatable bonds is 8. The van der Waals surface area contributed by atoms with E-state index in [1.807, 2.05) is 43.9 Å². The second-order valence-electron chi connectivity index (χ2n) is 6.98. The highest BCUT2D eigenvalue weighted by molar-refractivity contribution is 7.39. The Balaban J connectivity index is 4.43. The van der Waals surface area contributed by atoms with Crippen molar-refractivity contribution >= 4 is 26.6 Å². The van der Waals surface area contributed by atoms with Gasteiger partial charge < -0.3 is 15.4 Å². The lowest BCUT2D eigenvalue weighted by molar-refractivity contribution is -0.131. The summed E-state index contributed by atoms with van der Waals surface area (Å²) in [6.07, 6.45) is 0.566. The number of hydrogen-bond acceptors (Lipinski definition) is 4. The molecule has 0 aliphatic heterocycles. The van der Waals surface area contributed by atoms with Gasteiger partial charge in [-0.25, -0.2) is 0 Å². The fraction of sp³-hybridized carbons (Fsp3) is 0.800. The highest BCUT2D eigenvalue weighted by Gasteiger charge is 2.29. The van der Waals surface area contributed by atoms with Crippen LogP contribution >= 0.6 is 9.24 Å². The minimum atomic E-state index is -0.712. The first-order valence-corrected chi connectivity index (χ1v) is 7.91. The molecule has 0 aromatic carbocycles. The molecule has 0 aromatic rings. The zero-order valence-corrected chi connectivity index (χ0v) is 15.6. The summed E-state index contributed by atoms with van der Waals surface area (Å²) in [5.74, 6) is -0.376. The lowest BCUT2D eigenvalue weighted by Crippen LogP contribution is -2.48. The smallest absolute Gasteiger partial charge is 0.235 e. The third-order valence-corrected chi connectivity index (χ3v) is 3.32. The van der Waals surface area contributed by atoms with E-state index in [0.29, 0.717) is 13.0 Å². The molecule has 0 aromatic heterocycles. The molecular weight excluding hydrogens is 303 g/mol. The summed E-state index contributed by atoms with van der Waals surface area (Å²) < 4.78 is 5.64. The normalized spacial score (nSPS) is 13.4. The van der Waals surface area contributed by atoms with Crippen LogP contribution in [0.3, 0.4) is 0 Å². The zero-order chi connectivity index (χ0) is 17.6. The van der Waals surface area contributed by atoms with Gasteiger partial charge in [0.2, 0.25) is 11.6 Å². The minimum Gasteiger partial charge on any atom is -0.376 e. The first kappa shape index (κ1) is 21.0. The molecule has 0 radical (unpaired) electrons. The molecule has 2 unspecified atom stereocenters. The van der Waals surface area contributed by atoms with E-state index in [1.54, 1.807) is 0 Å². The van der Waals surface area contributed by atoms with E-state index < -0.39 is 11.5 Å². The van der Waals surface area contributed by atoms with Crippen LogP contribution in [0.15, 0.2) is 0 Å². The molecule has 0 spiro atoms. The van der Waals surface area contributed by atoms with E-state index in [0.717, 1.165) is 0 Å². The second kappa shape index (κ2) is 8.59. The molecule has 128 valence electrons. The first-order valence-electron chi connectivity index (χ1n) is 7.34. The van der Waals surface area contributed by atoms with Crippen LogP contribution in [0.1, 0.15) is 48.0 Å². The van der Waals surface area contributed by atoms with Gasteiger partial charge in [0, 0.05) is 18.6 Å². The molecule has 0 heterocycles. The quantitative estimate of drug-likeness (QED) is 0.665. The molecule has 2 amide bonds. The van der Waals surface area contributed by atoms with E-state index in [-0.39, 0.29) is 29.5 Å². The van der Waals surface area contributed by atoms with Gasteiger partial charge in [0.1, 0.15) is 6.04 Å². The molecule has 0 fully saturated rings. The van der Waals surface area contributed by atoms with Crippen molar-refractivity contribution in [2.24, 2.45) is 5.41 Å². The van der Waals surface area contributed by atoms with Gasteiger partial charge in [-0.15, -0.1) is 0 Å². The number of ketones is 1. The first-order chi connectivity index (χ1) is 9.85. The molecule has 0 saturated carbocycles. The molecule has 2 atom stereocenters. The maximum atomic E-state index is 12.2. The number of nitrogens with one attached hydrogen (secondary N) is 2. The second-order valence-corrected chi connectivity index (χ2v) is 7.50. The summed E-state index contributed by atoms with van der Waals surface area (Å²) in [7, 11) is 1.95. The average molecular weight is 332 g/mol. The molecule has 6 nitrogen and oxygen atoms in total. The molecule has 0 saturated heterocycles. The van der Waals surface area contributed by atoms with E-state index >= 15 is 0 Å². The van der Waals surface area contributed by atoms with Gasteiger partial charge in [0.25, 0.3) is 0 Å². The molecule has 0 rings (SSSR count). The largest absolute Gasteiger partial charge is 0.376 e. The van der Waals surface area contributed by atoms with E-state index in [2.05, 4.69) is 10.6 Å². The highest BCUT2D eigenvalue weighted by atomic mass is 31.0. The van der Waals surface area contributed by atoms with Crippen LogP contribution in [0.5, 0.6) is 0 Å². The van der Waals surface area contributed by atoms with Crippen LogP contribution in [-0.2, 0) is 14.3 Å². The summed E-state index contributed by atoms with van der Waals surface area (Å²) in [5, 5.41) is 5.20. The summed E-state index contributed by atoms with van der Waals surface area (Å²) in [6.45, 7) is 11.5. The van der Waals surface area contributed by atoms with E-state index in [1.165, 1.54) is 6.92 Å². The van der Waals surface area contributed by atoms with Crippen molar-refractivity contribution in [2.75, 3.05) is 13.2 Å². The standard InChI is InChI=1S/C15H29N2O4P/c1-10(18)11(17-13(20)22)9-16-12(19)15(5,6)7-8-21-14(2,3)4/h11H,7-9,22H2,1-6H3,(H,16,19)(H,17,20). The third-order valence-electron chi connectivity index (χ3n) is 3.15. The average Bonchev–Trinajstić information content (AvgIpc) is 2.31. The molecule has 0 bridgehead atoms. The summed E-state index contributed by atoms with van der Waals surface area (Å²) in [6, 6.07) is -0.712. The van der Waals surface area contributed by atoms with Crippen molar-refractivity contribution in [3.8, 4) is 0 Å². The third kappa shape index (κ3) is 9.11. The number of carbonyl (C=O) groups is 3. The van der Waals surface area contributed by atoms with Gasteiger partial charge in [-0.1, -0.05) is 13.8 Å². The van der Waals surface area contributed by atoms with Crippen molar-refractivity contribution in [2.45, 2.75) is 59.6 Å². The SMILES string of the molecule is CC(=O)C(CNC(=O)C(C)(C)CCOC(C)(C)C)NC(=O)P. The molecule has 7 heteroatoms. The predicted octanol–water partition coefficient (Wildman–Crippen LogP) is 1.88. The van der Waals surface area contributed by atoms with Gasteiger partial charge in [-0.3, -0.25) is 14.4 Å². The van der Waals surface area contributed by atoms with Gasteiger partial charge in [0.15, 0.2) is 5.78 Å². The lowest BCUT2D eigenvalue weighted by atomic mass is 9.88. The maximum absolute atomic E-state index is 12.2. The van der Waals surface area contributed by atoms with Gasteiger partial charge in [0.05, 0.1) is 5.60 Å². The van der Waals surface area contributed by atoms with Crippen LogP contribution in [0, 0.1) is 5.41 Å². The van der Waals surface area contributed by atoms with Crippen LogP contribution in [-0.4, -0.2) is 42.1 Å².